The Morgan fingerprint density at radius 1 is 1.21 bits per heavy atom. The highest BCUT2D eigenvalue weighted by atomic mass is 19.1. The van der Waals surface area contributed by atoms with Crippen molar-refractivity contribution in [3.05, 3.63) is 65.5 Å². The minimum Gasteiger partial charge on any atom is -0.493 e. The number of nitrogens with zero attached hydrogens (tertiary/aromatic N) is 1. The van der Waals surface area contributed by atoms with E-state index in [2.05, 4.69) is 11.0 Å². The molecule has 0 amide bonds. The molecule has 24 heavy (non-hydrogen) atoms. The van der Waals surface area contributed by atoms with Gasteiger partial charge in [0.05, 0.1) is 13.2 Å². The van der Waals surface area contributed by atoms with E-state index in [4.69, 9.17) is 4.74 Å². The van der Waals surface area contributed by atoms with Gasteiger partial charge in [-0.05, 0) is 35.7 Å². The molecule has 0 bridgehead atoms. The van der Waals surface area contributed by atoms with Gasteiger partial charge in [-0.1, -0.05) is 30.3 Å². The van der Waals surface area contributed by atoms with Crippen molar-refractivity contribution in [3.8, 4) is 5.75 Å². The van der Waals surface area contributed by atoms with Gasteiger partial charge in [-0.2, -0.15) is 0 Å². The number of hydrogen-bond donors (Lipinski definition) is 1. The Labute approximate surface area is 141 Å². The lowest BCUT2D eigenvalue weighted by atomic mass is 9.74. The Hall–Kier alpha value is -1.91. The van der Waals surface area contributed by atoms with Gasteiger partial charge in [0.25, 0.3) is 0 Å². The van der Waals surface area contributed by atoms with E-state index in [9.17, 15) is 9.50 Å². The molecule has 2 heterocycles. The van der Waals surface area contributed by atoms with Crippen molar-refractivity contribution in [2.45, 2.75) is 12.3 Å². The van der Waals surface area contributed by atoms with Gasteiger partial charge in [-0.25, -0.2) is 4.39 Å². The monoisotopic (exact) mass is 327 g/mol. The summed E-state index contributed by atoms with van der Waals surface area (Å²) < 4.78 is 19.2. The number of benzene rings is 2. The zero-order valence-electron chi connectivity index (χ0n) is 13.6. The van der Waals surface area contributed by atoms with E-state index in [0.29, 0.717) is 12.5 Å². The van der Waals surface area contributed by atoms with Gasteiger partial charge >= 0.3 is 0 Å². The van der Waals surface area contributed by atoms with Gasteiger partial charge in [-0.3, -0.25) is 0 Å². The normalized spacial score (nSPS) is 25.8. The smallest absolute Gasteiger partial charge is 0.123 e. The zero-order valence-corrected chi connectivity index (χ0v) is 13.6. The SMILES string of the molecule is OC[C@]12COc3ccccc3[C@H]1CN(CCc1cccc(F)c1)C2. The fourth-order valence-corrected chi connectivity index (χ4v) is 4.12. The summed E-state index contributed by atoms with van der Waals surface area (Å²) in [4.78, 5) is 2.37. The maximum atomic E-state index is 13.3. The number of hydrogen-bond acceptors (Lipinski definition) is 3. The van der Waals surface area contributed by atoms with Crippen LogP contribution in [0.25, 0.3) is 0 Å². The van der Waals surface area contributed by atoms with Gasteiger partial charge in [-0.15, -0.1) is 0 Å². The van der Waals surface area contributed by atoms with Crippen LogP contribution < -0.4 is 4.74 Å². The van der Waals surface area contributed by atoms with Crippen LogP contribution in [0.4, 0.5) is 4.39 Å². The molecule has 0 spiro atoms. The van der Waals surface area contributed by atoms with Crippen LogP contribution in [0.15, 0.2) is 48.5 Å². The summed E-state index contributed by atoms with van der Waals surface area (Å²) in [6.45, 7) is 3.28. The average molecular weight is 327 g/mol. The minimum atomic E-state index is -0.226. The molecule has 2 aliphatic heterocycles. The van der Waals surface area contributed by atoms with Gasteiger partial charge in [0, 0.05) is 31.0 Å². The predicted molar refractivity (Wildman–Crippen MR) is 90.7 cm³/mol. The van der Waals surface area contributed by atoms with Crippen LogP contribution in [0.5, 0.6) is 5.75 Å². The lowest BCUT2D eigenvalue weighted by Crippen LogP contribution is -2.42. The van der Waals surface area contributed by atoms with Crippen LogP contribution in [0.1, 0.15) is 17.0 Å². The van der Waals surface area contributed by atoms with Crippen molar-refractivity contribution in [2.24, 2.45) is 5.41 Å². The maximum Gasteiger partial charge on any atom is 0.123 e. The summed E-state index contributed by atoms with van der Waals surface area (Å²) in [5.74, 6) is 1.05. The van der Waals surface area contributed by atoms with E-state index >= 15 is 0 Å². The molecule has 2 aliphatic rings. The summed E-state index contributed by atoms with van der Waals surface area (Å²) >= 11 is 0. The van der Waals surface area contributed by atoms with Crippen molar-refractivity contribution in [1.82, 2.24) is 4.90 Å². The van der Waals surface area contributed by atoms with Crippen molar-refractivity contribution in [3.63, 3.8) is 0 Å². The molecule has 1 N–H and O–H groups in total. The highest BCUT2D eigenvalue weighted by Crippen LogP contribution is 2.49. The molecule has 0 radical (unpaired) electrons. The van der Waals surface area contributed by atoms with Crippen LogP contribution in [0.2, 0.25) is 0 Å². The summed E-state index contributed by atoms with van der Waals surface area (Å²) in [5, 5.41) is 10.1. The van der Waals surface area contributed by atoms with Crippen LogP contribution >= 0.6 is 0 Å². The molecule has 4 rings (SSSR count). The topological polar surface area (TPSA) is 32.7 Å². The van der Waals surface area contributed by atoms with Gasteiger partial charge in [0.15, 0.2) is 0 Å². The second-order valence-electron chi connectivity index (χ2n) is 7.01. The highest BCUT2D eigenvalue weighted by molar-refractivity contribution is 5.41. The number of halogens is 1. The van der Waals surface area contributed by atoms with Crippen molar-refractivity contribution in [2.75, 3.05) is 32.8 Å². The third-order valence-electron chi connectivity index (χ3n) is 5.45. The standard InChI is InChI=1S/C20H22FNO2/c21-16-5-3-4-15(10-16)8-9-22-11-18-17-6-1-2-7-19(17)24-14-20(18,12-22)13-23/h1-7,10,18,23H,8-9,11-14H2/t18-,20-/m1/s1. The summed E-state index contributed by atoms with van der Waals surface area (Å²) in [6.07, 6.45) is 0.814. The number of ether oxygens (including phenoxy) is 1. The Morgan fingerprint density at radius 2 is 2.08 bits per heavy atom. The molecule has 1 fully saturated rings. The Morgan fingerprint density at radius 3 is 2.92 bits per heavy atom. The molecule has 126 valence electrons. The fraction of sp³-hybridized carbons (Fsp3) is 0.400. The first-order valence-corrected chi connectivity index (χ1v) is 8.50. The molecule has 0 aliphatic carbocycles. The highest BCUT2D eigenvalue weighted by Gasteiger charge is 2.50. The molecular formula is C20H22FNO2. The fourth-order valence-electron chi connectivity index (χ4n) is 4.12. The van der Waals surface area contributed by atoms with Crippen molar-refractivity contribution >= 4 is 0 Å². The molecule has 2 aromatic carbocycles. The third kappa shape index (κ3) is 2.70. The second-order valence-corrected chi connectivity index (χ2v) is 7.01. The van der Waals surface area contributed by atoms with Gasteiger partial charge < -0.3 is 14.7 Å². The van der Waals surface area contributed by atoms with E-state index < -0.39 is 0 Å². The summed E-state index contributed by atoms with van der Waals surface area (Å²) in [5.41, 5.74) is 1.99. The molecule has 0 unspecified atom stereocenters. The van der Waals surface area contributed by atoms with E-state index in [1.807, 2.05) is 24.3 Å². The second kappa shape index (κ2) is 6.19. The molecule has 0 saturated carbocycles. The molecular weight excluding hydrogens is 305 g/mol. The first kappa shape index (κ1) is 15.6. The lowest BCUT2D eigenvalue weighted by molar-refractivity contribution is 0.0463. The Kier molecular flexibility index (Phi) is 4.02. The minimum absolute atomic E-state index is 0.127. The molecule has 1 saturated heterocycles. The number of aliphatic hydroxyl groups is 1. The molecule has 4 heteroatoms. The van der Waals surface area contributed by atoms with E-state index in [0.717, 1.165) is 37.4 Å². The van der Waals surface area contributed by atoms with Gasteiger partial charge in [0.1, 0.15) is 11.6 Å². The molecule has 2 aromatic rings. The number of aliphatic hydroxyl groups excluding tert-OH is 1. The zero-order chi connectivity index (χ0) is 16.6. The van der Waals surface area contributed by atoms with Crippen LogP contribution in [0.3, 0.4) is 0 Å². The molecule has 0 aromatic heterocycles. The third-order valence-corrected chi connectivity index (χ3v) is 5.45. The quantitative estimate of drug-likeness (QED) is 0.937. The molecule has 2 atom stereocenters. The number of fused-ring (bicyclic) bond motifs is 3. The largest absolute Gasteiger partial charge is 0.493 e. The van der Waals surface area contributed by atoms with Crippen molar-refractivity contribution < 1.29 is 14.2 Å². The first-order chi connectivity index (χ1) is 11.7. The van der Waals surface area contributed by atoms with E-state index in [-0.39, 0.29) is 17.8 Å². The van der Waals surface area contributed by atoms with E-state index in [1.54, 1.807) is 12.1 Å². The molecule has 3 nitrogen and oxygen atoms in total. The number of rotatable bonds is 4. The van der Waals surface area contributed by atoms with E-state index in [1.165, 1.54) is 11.6 Å². The summed E-state index contributed by atoms with van der Waals surface area (Å²) in [7, 11) is 0. The van der Waals surface area contributed by atoms with Crippen LogP contribution in [-0.4, -0.2) is 42.9 Å². The predicted octanol–water partition coefficient (Wildman–Crippen LogP) is 2.84. The van der Waals surface area contributed by atoms with Crippen LogP contribution in [-0.2, 0) is 6.42 Å². The average Bonchev–Trinajstić information content (AvgIpc) is 3.00. The lowest BCUT2D eigenvalue weighted by Gasteiger charge is -2.38. The van der Waals surface area contributed by atoms with Crippen LogP contribution in [0, 0.1) is 11.2 Å². The van der Waals surface area contributed by atoms with Crippen molar-refractivity contribution in [1.29, 1.82) is 0 Å². The first-order valence-electron chi connectivity index (χ1n) is 8.50. The summed E-state index contributed by atoms with van der Waals surface area (Å²) in [6, 6.07) is 14.9. The number of likely N-dealkylation sites (tertiary alicyclic amines) is 1. The number of para-hydroxylation sites is 1. The Balaban J connectivity index is 1.51. The van der Waals surface area contributed by atoms with Gasteiger partial charge in [0.2, 0.25) is 0 Å². The Bertz CT molecular complexity index is 735. The maximum absolute atomic E-state index is 13.3.